The molecule has 1 aromatic carbocycles. The van der Waals surface area contributed by atoms with Crippen LogP contribution < -0.4 is 0 Å². The van der Waals surface area contributed by atoms with E-state index < -0.39 is 0 Å². The first-order valence-corrected chi connectivity index (χ1v) is 12.1. The molecular weight excluding hydrogens is 430 g/mol. The van der Waals surface area contributed by atoms with Gasteiger partial charge in [0.25, 0.3) is 5.69 Å². The van der Waals surface area contributed by atoms with Gasteiger partial charge in [0.05, 0.1) is 30.1 Å². The molecule has 1 saturated heterocycles. The van der Waals surface area contributed by atoms with Crippen LogP contribution in [0.3, 0.4) is 0 Å². The molecule has 0 saturated carbocycles. The Hall–Kier alpha value is -3.03. The quantitative estimate of drug-likeness (QED) is 0.211. The Kier molecular flexibility index (Phi) is 8.08. The number of nitro benzene ring substituents is 1. The Morgan fingerprint density at radius 3 is 2.76 bits per heavy atom. The molecule has 3 heterocycles. The molecule has 4 rings (SSSR count). The van der Waals surface area contributed by atoms with Crippen LogP contribution in [-0.4, -0.2) is 41.0 Å². The number of furan rings is 1. The first-order chi connectivity index (χ1) is 16.5. The van der Waals surface area contributed by atoms with Crippen molar-refractivity contribution >= 4 is 5.69 Å². The lowest BCUT2D eigenvalue weighted by Crippen LogP contribution is -2.32. The van der Waals surface area contributed by atoms with Gasteiger partial charge in [-0.1, -0.05) is 25.5 Å². The molecule has 0 radical (unpaired) electrons. The van der Waals surface area contributed by atoms with Gasteiger partial charge >= 0.3 is 0 Å². The molecule has 3 aromatic rings. The van der Waals surface area contributed by atoms with Gasteiger partial charge in [-0.05, 0) is 74.2 Å². The lowest BCUT2D eigenvalue weighted by Gasteiger charge is -2.26. The van der Waals surface area contributed by atoms with Crippen LogP contribution in [0.4, 0.5) is 5.69 Å². The van der Waals surface area contributed by atoms with Crippen LogP contribution in [0.15, 0.2) is 53.3 Å². The van der Waals surface area contributed by atoms with Crippen molar-refractivity contribution in [2.45, 2.75) is 52.1 Å². The minimum absolute atomic E-state index is 0.124. The van der Waals surface area contributed by atoms with Crippen molar-refractivity contribution in [3.05, 3.63) is 81.6 Å². The summed E-state index contributed by atoms with van der Waals surface area (Å²) in [6.45, 7) is 8.21. The number of benzene rings is 1. The van der Waals surface area contributed by atoms with Gasteiger partial charge in [-0.15, -0.1) is 0 Å². The van der Waals surface area contributed by atoms with Crippen molar-refractivity contribution in [2.75, 3.05) is 26.2 Å². The fourth-order valence-corrected chi connectivity index (χ4v) is 4.57. The van der Waals surface area contributed by atoms with Crippen LogP contribution in [0.5, 0.6) is 0 Å². The molecule has 0 aliphatic carbocycles. The lowest BCUT2D eigenvalue weighted by atomic mass is 9.92. The van der Waals surface area contributed by atoms with E-state index in [-0.39, 0.29) is 16.5 Å². The molecule has 0 amide bonds. The van der Waals surface area contributed by atoms with E-state index in [9.17, 15) is 10.1 Å². The van der Waals surface area contributed by atoms with Crippen molar-refractivity contribution in [1.82, 2.24) is 9.88 Å². The van der Waals surface area contributed by atoms with Crippen molar-refractivity contribution in [3.63, 3.8) is 0 Å². The van der Waals surface area contributed by atoms with Gasteiger partial charge in [0.15, 0.2) is 0 Å². The van der Waals surface area contributed by atoms with Crippen molar-refractivity contribution < 1.29 is 14.1 Å². The molecule has 0 N–H and O–H groups in total. The summed E-state index contributed by atoms with van der Waals surface area (Å²) < 4.78 is 11.5. The van der Waals surface area contributed by atoms with Crippen LogP contribution in [0, 0.1) is 17.0 Å². The summed E-state index contributed by atoms with van der Waals surface area (Å²) in [5, 5.41) is 11.6. The largest absolute Gasteiger partial charge is 0.469 e. The van der Waals surface area contributed by atoms with Gasteiger partial charge in [-0.25, -0.2) is 0 Å². The highest BCUT2D eigenvalue weighted by Gasteiger charge is 2.18. The number of aromatic nitrogens is 1. The maximum atomic E-state index is 11.6. The van der Waals surface area contributed by atoms with Crippen LogP contribution >= 0.6 is 0 Å². The van der Waals surface area contributed by atoms with Crippen LogP contribution in [0.25, 0.3) is 11.1 Å². The highest BCUT2D eigenvalue weighted by Crippen LogP contribution is 2.32. The fraction of sp³-hybridized carbons (Fsp3) is 0.444. The first kappa shape index (κ1) is 24.1. The zero-order valence-electron chi connectivity index (χ0n) is 20.0. The normalized spacial score (nSPS) is 15.4. The average molecular weight is 464 g/mol. The number of hydrogen-bond acceptors (Lipinski definition) is 6. The summed E-state index contributed by atoms with van der Waals surface area (Å²) >= 11 is 0. The molecule has 2 aromatic heterocycles. The first-order valence-electron chi connectivity index (χ1n) is 12.1. The van der Waals surface area contributed by atoms with Crippen molar-refractivity contribution in [1.29, 1.82) is 0 Å². The number of likely N-dealkylation sites (tertiary alicyclic amines) is 1. The second-order valence-electron chi connectivity index (χ2n) is 9.17. The maximum absolute atomic E-state index is 11.6. The van der Waals surface area contributed by atoms with E-state index in [2.05, 4.69) is 16.8 Å². The monoisotopic (exact) mass is 463 g/mol. The maximum Gasteiger partial charge on any atom is 0.272 e. The summed E-state index contributed by atoms with van der Waals surface area (Å²) in [6.07, 6.45) is 8.14. The number of nitrogens with zero attached hydrogens (tertiary/aromatic N) is 3. The second-order valence-corrected chi connectivity index (χ2v) is 9.17. The van der Waals surface area contributed by atoms with Gasteiger partial charge in [-0.3, -0.25) is 15.1 Å². The minimum Gasteiger partial charge on any atom is -0.469 e. The molecule has 0 bridgehead atoms. The van der Waals surface area contributed by atoms with Gasteiger partial charge in [0.2, 0.25) is 0 Å². The molecule has 1 atom stereocenters. The van der Waals surface area contributed by atoms with Crippen molar-refractivity contribution in [3.8, 4) is 11.1 Å². The highest BCUT2D eigenvalue weighted by molar-refractivity contribution is 5.70. The number of rotatable bonds is 10. The summed E-state index contributed by atoms with van der Waals surface area (Å²) in [5.41, 5.74) is 4.39. The van der Waals surface area contributed by atoms with E-state index in [1.807, 2.05) is 36.5 Å². The van der Waals surface area contributed by atoms with E-state index in [0.717, 1.165) is 47.8 Å². The molecule has 7 nitrogen and oxygen atoms in total. The third-order valence-corrected chi connectivity index (χ3v) is 6.57. The number of piperidine rings is 1. The Labute approximate surface area is 200 Å². The SMILES string of the molecule is Cc1ccc(-c2cc(COCCN3CCCCC3)ncc2CC(C)c2ccco2)cc1[N+](=O)[O-]. The standard InChI is InChI=1S/C27H33N3O4/c1-20-8-9-22(16-26(20)30(31)32)25-17-24(19-33-14-12-29-10-4-3-5-11-29)28-18-23(25)15-21(2)27-7-6-13-34-27/h6-9,13,16-18,21H,3-5,10-12,14-15,19H2,1-2H3. The predicted molar refractivity (Wildman–Crippen MR) is 132 cm³/mol. The molecule has 1 unspecified atom stereocenters. The Morgan fingerprint density at radius 2 is 2.03 bits per heavy atom. The van der Waals surface area contributed by atoms with Gasteiger partial charge in [0, 0.05) is 30.3 Å². The van der Waals surface area contributed by atoms with E-state index in [4.69, 9.17) is 9.15 Å². The van der Waals surface area contributed by atoms with Crippen molar-refractivity contribution in [2.24, 2.45) is 0 Å². The second kappa shape index (κ2) is 11.4. The zero-order chi connectivity index (χ0) is 23.9. The predicted octanol–water partition coefficient (Wildman–Crippen LogP) is 5.91. The topological polar surface area (TPSA) is 81.6 Å². The van der Waals surface area contributed by atoms with E-state index in [1.165, 1.54) is 19.3 Å². The number of hydrogen-bond donors (Lipinski definition) is 0. The number of pyridine rings is 1. The molecule has 34 heavy (non-hydrogen) atoms. The van der Waals surface area contributed by atoms with Gasteiger partial charge in [0.1, 0.15) is 5.76 Å². The van der Waals surface area contributed by atoms with Crippen LogP contribution in [0.1, 0.15) is 54.7 Å². The minimum atomic E-state index is -0.324. The van der Waals surface area contributed by atoms with E-state index >= 15 is 0 Å². The molecule has 0 spiro atoms. The zero-order valence-corrected chi connectivity index (χ0v) is 20.0. The molecule has 180 valence electrons. The van der Waals surface area contributed by atoms with E-state index in [1.54, 1.807) is 19.3 Å². The van der Waals surface area contributed by atoms with E-state index in [0.29, 0.717) is 25.2 Å². The number of aryl methyl sites for hydroxylation is 1. The molecule has 1 aliphatic heterocycles. The summed E-state index contributed by atoms with van der Waals surface area (Å²) in [5.74, 6) is 1.06. The molecule has 1 aliphatic rings. The molecule has 1 fully saturated rings. The molecule has 7 heteroatoms. The van der Waals surface area contributed by atoms with Gasteiger partial charge < -0.3 is 14.1 Å². The fourth-order valence-electron chi connectivity index (χ4n) is 4.57. The third kappa shape index (κ3) is 6.10. The third-order valence-electron chi connectivity index (χ3n) is 6.57. The lowest BCUT2D eigenvalue weighted by molar-refractivity contribution is -0.385. The summed E-state index contributed by atoms with van der Waals surface area (Å²) in [7, 11) is 0. The van der Waals surface area contributed by atoms with Gasteiger partial charge in [-0.2, -0.15) is 0 Å². The van der Waals surface area contributed by atoms with Crippen LogP contribution in [-0.2, 0) is 17.8 Å². The Balaban J connectivity index is 1.54. The summed E-state index contributed by atoms with van der Waals surface area (Å²) in [6, 6.07) is 11.3. The average Bonchev–Trinajstić information content (AvgIpc) is 3.39. The smallest absolute Gasteiger partial charge is 0.272 e. The Bertz CT molecular complexity index is 1090. The number of nitro groups is 1. The Morgan fingerprint density at radius 1 is 1.21 bits per heavy atom. The summed E-state index contributed by atoms with van der Waals surface area (Å²) in [4.78, 5) is 18.3. The highest BCUT2D eigenvalue weighted by atomic mass is 16.6. The van der Waals surface area contributed by atoms with Crippen LogP contribution in [0.2, 0.25) is 0 Å². The number of ether oxygens (including phenoxy) is 1. The molecular formula is C27H33N3O4.